The van der Waals surface area contributed by atoms with E-state index in [9.17, 15) is 13.2 Å². The number of benzene rings is 3. The summed E-state index contributed by atoms with van der Waals surface area (Å²) in [5.74, 6) is -0.200. The van der Waals surface area contributed by atoms with Crippen molar-refractivity contribution >= 4 is 27.3 Å². The van der Waals surface area contributed by atoms with Gasteiger partial charge in [0.25, 0.3) is 15.9 Å². The van der Waals surface area contributed by atoms with Gasteiger partial charge in [0.15, 0.2) is 0 Å². The number of amides is 1. The average molecular weight is 450 g/mol. The third-order valence-electron chi connectivity index (χ3n) is 5.65. The molecule has 1 aliphatic heterocycles. The summed E-state index contributed by atoms with van der Waals surface area (Å²) in [5, 5.41) is 2.93. The maximum atomic E-state index is 12.6. The topological polar surface area (TPSA) is 78.5 Å². The molecule has 0 saturated carbocycles. The van der Waals surface area contributed by atoms with Crippen LogP contribution in [0.3, 0.4) is 0 Å². The Labute approximate surface area is 189 Å². The van der Waals surface area contributed by atoms with Gasteiger partial charge in [0, 0.05) is 30.9 Å². The first-order valence-electron chi connectivity index (χ1n) is 10.7. The second kappa shape index (κ2) is 9.44. The van der Waals surface area contributed by atoms with Gasteiger partial charge in [-0.05, 0) is 73.4 Å². The number of nitrogens with zero attached hydrogens (tertiary/aromatic N) is 1. The third-order valence-corrected chi connectivity index (χ3v) is 7.03. The Bertz CT molecular complexity index is 1190. The Hall–Kier alpha value is -3.32. The minimum absolute atomic E-state index is 0.192. The number of aryl methyl sites for hydroxylation is 1. The molecule has 1 saturated heterocycles. The van der Waals surface area contributed by atoms with E-state index in [1.54, 1.807) is 43.3 Å². The molecule has 1 fully saturated rings. The summed E-state index contributed by atoms with van der Waals surface area (Å²) in [6.45, 7) is 4.41. The first-order valence-corrected chi connectivity index (χ1v) is 12.2. The van der Waals surface area contributed by atoms with Crippen LogP contribution in [0.1, 0.15) is 34.3 Å². The lowest BCUT2D eigenvalue weighted by atomic mass is 10.1. The molecule has 7 heteroatoms. The van der Waals surface area contributed by atoms with Gasteiger partial charge in [0.1, 0.15) is 0 Å². The molecular formula is C25H27N3O3S. The maximum absolute atomic E-state index is 12.6. The molecule has 0 aromatic heterocycles. The molecule has 4 rings (SSSR count). The summed E-state index contributed by atoms with van der Waals surface area (Å²) in [6, 6.07) is 21.4. The van der Waals surface area contributed by atoms with Crippen molar-refractivity contribution in [3.05, 3.63) is 89.5 Å². The molecule has 3 aromatic rings. The molecule has 2 N–H and O–H groups in total. The number of nitrogens with one attached hydrogen (secondary N) is 2. The van der Waals surface area contributed by atoms with Gasteiger partial charge in [0.2, 0.25) is 0 Å². The lowest BCUT2D eigenvalue weighted by Gasteiger charge is -2.17. The summed E-state index contributed by atoms with van der Waals surface area (Å²) in [4.78, 5) is 15.2. The minimum Gasteiger partial charge on any atom is -0.372 e. The van der Waals surface area contributed by atoms with E-state index in [1.165, 1.54) is 30.7 Å². The number of hydrogen-bond acceptors (Lipinski definition) is 4. The van der Waals surface area contributed by atoms with Crippen molar-refractivity contribution in [2.24, 2.45) is 0 Å². The second-order valence-corrected chi connectivity index (χ2v) is 9.67. The zero-order chi connectivity index (χ0) is 22.6. The predicted octanol–water partition coefficient (Wildman–Crippen LogP) is 4.33. The van der Waals surface area contributed by atoms with Gasteiger partial charge in [-0.2, -0.15) is 0 Å². The van der Waals surface area contributed by atoms with Gasteiger partial charge < -0.3 is 10.2 Å². The van der Waals surface area contributed by atoms with E-state index < -0.39 is 10.0 Å². The van der Waals surface area contributed by atoms with Crippen LogP contribution in [0.4, 0.5) is 11.4 Å². The van der Waals surface area contributed by atoms with Crippen molar-refractivity contribution in [1.29, 1.82) is 0 Å². The highest BCUT2D eigenvalue weighted by Gasteiger charge is 2.16. The maximum Gasteiger partial charge on any atom is 0.261 e. The van der Waals surface area contributed by atoms with Crippen LogP contribution in [0.15, 0.2) is 77.7 Å². The molecule has 0 atom stereocenters. The van der Waals surface area contributed by atoms with Gasteiger partial charge in [0.05, 0.1) is 10.6 Å². The summed E-state index contributed by atoms with van der Waals surface area (Å²) in [6.07, 6.45) is 2.48. The SMILES string of the molecule is Cc1cc(C(=O)NCc2ccc(N3CCCC3)cc2)ccc1NS(=O)(=O)c1ccccc1. The fourth-order valence-electron chi connectivity index (χ4n) is 3.81. The van der Waals surface area contributed by atoms with Crippen LogP contribution < -0.4 is 14.9 Å². The van der Waals surface area contributed by atoms with Gasteiger partial charge in [-0.3, -0.25) is 9.52 Å². The van der Waals surface area contributed by atoms with Crippen LogP contribution in [0.25, 0.3) is 0 Å². The largest absolute Gasteiger partial charge is 0.372 e. The Kier molecular flexibility index (Phi) is 6.46. The molecule has 32 heavy (non-hydrogen) atoms. The molecule has 3 aromatic carbocycles. The summed E-state index contributed by atoms with van der Waals surface area (Å²) in [7, 11) is -3.68. The average Bonchev–Trinajstić information content (AvgIpc) is 3.35. The first kappa shape index (κ1) is 21.9. The molecule has 166 valence electrons. The molecule has 0 bridgehead atoms. The second-order valence-electron chi connectivity index (χ2n) is 7.99. The number of carbonyl (C=O) groups is 1. The zero-order valence-corrected chi connectivity index (χ0v) is 18.9. The first-order chi connectivity index (χ1) is 15.4. The Morgan fingerprint density at radius 2 is 1.62 bits per heavy atom. The quantitative estimate of drug-likeness (QED) is 0.563. The van der Waals surface area contributed by atoms with Crippen LogP contribution in [0, 0.1) is 6.92 Å². The highest BCUT2D eigenvalue weighted by atomic mass is 32.2. The van der Waals surface area contributed by atoms with Crippen molar-refractivity contribution in [2.75, 3.05) is 22.7 Å². The van der Waals surface area contributed by atoms with Crippen LogP contribution >= 0.6 is 0 Å². The molecule has 0 aliphatic carbocycles. The van der Waals surface area contributed by atoms with E-state index in [2.05, 4.69) is 27.1 Å². The fraction of sp³-hybridized carbons (Fsp3) is 0.240. The lowest BCUT2D eigenvalue weighted by molar-refractivity contribution is 0.0951. The summed E-state index contributed by atoms with van der Waals surface area (Å²) in [5.41, 5.74) is 3.86. The third kappa shape index (κ3) is 5.11. The molecule has 0 unspecified atom stereocenters. The molecule has 0 spiro atoms. The number of rotatable bonds is 7. The van der Waals surface area contributed by atoms with Crippen LogP contribution in [-0.2, 0) is 16.6 Å². The van der Waals surface area contributed by atoms with Gasteiger partial charge in [-0.25, -0.2) is 8.42 Å². The van der Waals surface area contributed by atoms with Crippen LogP contribution in [0.5, 0.6) is 0 Å². The molecular weight excluding hydrogens is 422 g/mol. The zero-order valence-electron chi connectivity index (χ0n) is 18.0. The van der Waals surface area contributed by atoms with E-state index in [1.807, 2.05) is 12.1 Å². The van der Waals surface area contributed by atoms with E-state index >= 15 is 0 Å². The van der Waals surface area contributed by atoms with Crippen molar-refractivity contribution in [3.63, 3.8) is 0 Å². The smallest absolute Gasteiger partial charge is 0.261 e. The highest BCUT2D eigenvalue weighted by Crippen LogP contribution is 2.22. The molecule has 6 nitrogen and oxygen atoms in total. The van der Waals surface area contributed by atoms with Crippen molar-refractivity contribution < 1.29 is 13.2 Å². The number of anilines is 2. The van der Waals surface area contributed by atoms with Gasteiger partial charge >= 0.3 is 0 Å². The molecule has 1 heterocycles. The van der Waals surface area contributed by atoms with Crippen LogP contribution in [0.2, 0.25) is 0 Å². The van der Waals surface area contributed by atoms with E-state index in [0.29, 0.717) is 23.4 Å². The van der Waals surface area contributed by atoms with Gasteiger partial charge in [-0.15, -0.1) is 0 Å². The van der Waals surface area contributed by atoms with E-state index in [4.69, 9.17) is 0 Å². The molecule has 0 radical (unpaired) electrons. The number of sulfonamides is 1. The van der Waals surface area contributed by atoms with Gasteiger partial charge in [-0.1, -0.05) is 30.3 Å². The standard InChI is InChI=1S/C25H27N3O3S/c1-19-17-21(11-14-24(19)27-32(30,31)23-7-3-2-4-8-23)25(29)26-18-20-9-12-22(13-10-20)28-15-5-6-16-28/h2-4,7-14,17,27H,5-6,15-16,18H2,1H3,(H,26,29). The Balaban J connectivity index is 1.37. The highest BCUT2D eigenvalue weighted by molar-refractivity contribution is 7.92. The summed E-state index contributed by atoms with van der Waals surface area (Å²) < 4.78 is 27.7. The van der Waals surface area contributed by atoms with Crippen molar-refractivity contribution in [2.45, 2.75) is 31.2 Å². The normalized spacial score (nSPS) is 13.7. The molecule has 1 amide bonds. The number of hydrogen-bond donors (Lipinski definition) is 2. The van der Waals surface area contributed by atoms with Crippen molar-refractivity contribution in [1.82, 2.24) is 5.32 Å². The minimum atomic E-state index is -3.68. The fourth-order valence-corrected chi connectivity index (χ4v) is 4.96. The van der Waals surface area contributed by atoms with E-state index in [-0.39, 0.29) is 10.8 Å². The Morgan fingerprint density at radius 3 is 2.28 bits per heavy atom. The van der Waals surface area contributed by atoms with Crippen molar-refractivity contribution in [3.8, 4) is 0 Å². The van der Waals surface area contributed by atoms with E-state index in [0.717, 1.165) is 18.7 Å². The van der Waals surface area contributed by atoms with Crippen LogP contribution in [-0.4, -0.2) is 27.4 Å². The monoisotopic (exact) mass is 449 g/mol. The molecule has 1 aliphatic rings. The summed E-state index contributed by atoms with van der Waals surface area (Å²) >= 11 is 0. The lowest BCUT2D eigenvalue weighted by Crippen LogP contribution is -2.23. The predicted molar refractivity (Wildman–Crippen MR) is 127 cm³/mol. The Morgan fingerprint density at radius 1 is 0.938 bits per heavy atom. The number of carbonyl (C=O) groups excluding carboxylic acids is 1.